The van der Waals surface area contributed by atoms with E-state index in [2.05, 4.69) is 14.5 Å². The molecule has 1 atom stereocenters. The smallest absolute Gasteiger partial charge is 0.158 e. The fourth-order valence-electron chi connectivity index (χ4n) is 2.42. The minimum atomic E-state index is -0.0431. The maximum atomic E-state index is 6.03. The van der Waals surface area contributed by atoms with Crippen molar-refractivity contribution in [2.24, 2.45) is 0 Å². The number of aromatic nitrogens is 3. The Labute approximate surface area is 104 Å². The van der Waals surface area contributed by atoms with Crippen molar-refractivity contribution >= 4 is 11.0 Å². The molecule has 0 fully saturated rings. The van der Waals surface area contributed by atoms with Gasteiger partial charge in [-0.1, -0.05) is 12.1 Å². The normalized spacial score (nSPS) is 17.7. The molecule has 4 heteroatoms. The van der Waals surface area contributed by atoms with Gasteiger partial charge in [-0.2, -0.15) is 0 Å². The summed E-state index contributed by atoms with van der Waals surface area (Å²) in [6.07, 6.45) is 3.62. The highest BCUT2D eigenvalue weighted by atomic mass is 16.5. The van der Waals surface area contributed by atoms with Crippen LogP contribution in [0.1, 0.15) is 11.8 Å². The molecule has 3 heterocycles. The summed E-state index contributed by atoms with van der Waals surface area (Å²) in [5, 5.41) is 0. The molecule has 0 bridgehead atoms. The predicted molar refractivity (Wildman–Crippen MR) is 67.3 cm³/mol. The van der Waals surface area contributed by atoms with Crippen LogP contribution in [0.5, 0.6) is 5.75 Å². The summed E-state index contributed by atoms with van der Waals surface area (Å²) in [5.74, 6) is 0.881. The van der Waals surface area contributed by atoms with E-state index in [0.717, 1.165) is 29.0 Å². The van der Waals surface area contributed by atoms with E-state index in [1.807, 2.05) is 42.7 Å². The number of hydrogen-bond donors (Lipinski definition) is 0. The van der Waals surface area contributed by atoms with Crippen molar-refractivity contribution in [1.29, 1.82) is 0 Å². The van der Waals surface area contributed by atoms with Crippen LogP contribution in [0.4, 0.5) is 0 Å². The van der Waals surface area contributed by atoms with Gasteiger partial charge in [-0.3, -0.25) is 4.98 Å². The van der Waals surface area contributed by atoms with Crippen molar-refractivity contribution in [3.63, 3.8) is 0 Å². The summed E-state index contributed by atoms with van der Waals surface area (Å²) in [5.41, 5.74) is 3.01. The fraction of sp³-hybridized carbons (Fsp3) is 0.143. The van der Waals surface area contributed by atoms with E-state index in [-0.39, 0.29) is 6.10 Å². The number of rotatable bonds is 1. The van der Waals surface area contributed by atoms with Crippen molar-refractivity contribution in [2.45, 2.75) is 12.6 Å². The molecule has 3 aromatic rings. The largest absolute Gasteiger partial charge is 0.480 e. The van der Waals surface area contributed by atoms with Gasteiger partial charge < -0.3 is 9.30 Å². The molecule has 2 aromatic heterocycles. The summed E-state index contributed by atoms with van der Waals surface area (Å²) < 4.78 is 8.16. The van der Waals surface area contributed by atoms with Crippen molar-refractivity contribution in [3.8, 4) is 5.75 Å². The standard InChI is InChI=1S/C14H11N3O/c1-2-7-15-10(4-1)13-8-17-9-16-11-5-3-6-12(18-13)14(11)17/h1-7,9,13H,8H2. The third kappa shape index (κ3) is 1.32. The first-order chi connectivity index (χ1) is 8.92. The first-order valence-corrected chi connectivity index (χ1v) is 5.93. The van der Waals surface area contributed by atoms with Gasteiger partial charge in [0.2, 0.25) is 0 Å². The third-order valence-corrected chi connectivity index (χ3v) is 3.25. The Morgan fingerprint density at radius 3 is 3.00 bits per heavy atom. The number of ether oxygens (including phenoxy) is 1. The van der Waals surface area contributed by atoms with Gasteiger partial charge in [-0.15, -0.1) is 0 Å². The van der Waals surface area contributed by atoms with Crippen molar-refractivity contribution < 1.29 is 4.74 Å². The lowest BCUT2D eigenvalue weighted by molar-refractivity contribution is 0.169. The molecule has 0 spiro atoms. The van der Waals surface area contributed by atoms with Gasteiger partial charge in [-0.05, 0) is 24.3 Å². The molecule has 88 valence electrons. The van der Waals surface area contributed by atoms with Gasteiger partial charge in [0.15, 0.2) is 6.10 Å². The Morgan fingerprint density at radius 2 is 2.11 bits per heavy atom. The Hall–Kier alpha value is -2.36. The predicted octanol–water partition coefficient (Wildman–Crippen LogP) is 2.57. The second-order valence-electron chi connectivity index (χ2n) is 4.38. The zero-order valence-corrected chi connectivity index (χ0v) is 9.65. The van der Waals surface area contributed by atoms with Crippen molar-refractivity contribution in [3.05, 3.63) is 54.6 Å². The molecular formula is C14H11N3O. The summed E-state index contributed by atoms with van der Waals surface area (Å²) in [6.45, 7) is 0.754. The molecule has 0 amide bonds. The van der Waals surface area contributed by atoms with E-state index in [1.54, 1.807) is 6.20 Å². The number of nitrogens with zero attached hydrogens (tertiary/aromatic N) is 3. The van der Waals surface area contributed by atoms with E-state index in [0.29, 0.717) is 0 Å². The molecule has 4 rings (SSSR count). The maximum absolute atomic E-state index is 6.03. The lowest BCUT2D eigenvalue weighted by Gasteiger charge is -2.25. The van der Waals surface area contributed by atoms with Crippen LogP contribution >= 0.6 is 0 Å². The maximum Gasteiger partial charge on any atom is 0.158 e. The lowest BCUT2D eigenvalue weighted by Crippen LogP contribution is -2.20. The fourth-order valence-corrected chi connectivity index (χ4v) is 2.42. The van der Waals surface area contributed by atoms with Crippen LogP contribution < -0.4 is 4.74 Å². The summed E-state index contributed by atoms with van der Waals surface area (Å²) in [6, 6.07) is 11.8. The Kier molecular flexibility index (Phi) is 1.91. The van der Waals surface area contributed by atoms with E-state index >= 15 is 0 Å². The molecule has 18 heavy (non-hydrogen) atoms. The third-order valence-electron chi connectivity index (χ3n) is 3.25. The lowest BCUT2D eigenvalue weighted by atomic mass is 10.2. The Bertz CT molecular complexity index is 705. The first kappa shape index (κ1) is 9.65. The highest BCUT2D eigenvalue weighted by Crippen LogP contribution is 2.34. The van der Waals surface area contributed by atoms with E-state index in [4.69, 9.17) is 4.74 Å². The quantitative estimate of drug-likeness (QED) is 0.653. The number of pyridine rings is 1. The van der Waals surface area contributed by atoms with Gasteiger partial charge in [0.25, 0.3) is 0 Å². The van der Waals surface area contributed by atoms with Crippen LogP contribution in [-0.2, 0) is 6.54 Å². The topological polar surface area (TPSA) is 39.9 Å². The molecule has 0 N–H and O–H groups in total. The number of imidazole rings is 1. The SMILES string of the molecule is c1ccc(C2Cn3cnc4cccc(c43)O2)nc1. The molecule has 0 saturated carbocycles. The molecule has 1 unspecified atom stereocenters. The van der Waals surface area contributed by atoms with Crippen molar-refractivity contribution in [2.75, 3.05) is 0 Å². The monoisotopic (exact) mass is 237 g/mol. The second-order valence-corrected chi connectivity index (χ2v) is 4.38. The minimum absolute atomic E-state index is 0.0431. The summed E-state index contributed by atoms with van der Waals surface area (Å²) >= 11 is 0. The van der Waals surface area contributed by atoms with Crippen molar-refractivity contribution in [1.82, 2.24) is 14.5 Å². The van der Waals surface area contributed by atoms with Gasteiger partial charge >= 0.3 is 0 Å². The zero-order chi connectivity index (χ0) is 11.9. The van der Waals surface area contributed by atoms with Crippen LogP contribution in [0.25, 0.3) is 11.0 Å². The first-order valence-electron chi connectivity index (χ1n) is 5.93. The van der Waals surface area contributed by atoms with Gasteiger partial charge in [0.1, 0.15) is 11.3 Å². The average Bonchev–Trinajstić information content (AvgIpc) is 2.85. The van der Waals surface area contributed by atoms with Crippen LogP contribution in [0.2, 0.25) is 0 Å². The van der Waals surface area contributed by atoms with E-state index in [9.17, 15) is 0 Å². The average molecular weight is 237 g/mol. The molecule has 0 saturated heterocycles. The highest BCUT2D eigenvalue weighted by Gasteiger charge is 2.24. The van der Waals surface area contributed by atoms with Gasteiger partial charge in [0, 0.05) is 6.20 Å². The Morgan fingerprint density at radius 1 is 1.11 bits per heavy atom. The van der Waals surface area contributed by atoms with E-state index < -0.39 is 0 Å². The minimum Gasteiger partial charge on any atom is -0.480 e. The molecule has 1 aliphatic rings. The molecular weight excluding hydrogens is 226 g/mol. The van der Waals surface area contributed by atoms with E-state index in [1.165, 1.54) is 0 Å². The number of benzene rings is 1. The van der Waals surface area contributed by atoms with Crippen LogP contribution in [0, 0.1) is 0 Å². The van der Waals surface area contributed by atoms with Gasteiger partial charge in [0.05, 0.1) is 24.1 Å². The van der Waals surface area contributed by atoms with Gasteiger partial charge in [-0.25, -0.2) is 4.98 Å². The number of hydrogen-bond acceptors (Lipinski definition) is 3. The summed E-state index contributed by atoms with van der Waals surface area (Å²) in [7, 11) is 0. The second kappa shape index (κ2) is 3.57. The van der Waals surface area contributed by atoms with Crippen LogP contribution in [-0.4, -0.2) is 14.5 Å². The molecule has 0 radical (unpaired) electrons. The molecule has 1 aromatic carbocycles. The van der Waals surface area contributed by atoms with Crippen LogP contribution in [0.3, 0.4) is 0 Å². The molecule has 0 aliphatic carbocycles. The highest BCUT2D eigenvalue weighted by molar-refractivity contribution is 5.82. The van der Waals surface area contributed by atoms with Crippen LogP contribution in [0.15, 0.2) is 48.9 Å². The Balaban J connectivity index is 1.83. The summed E-state index contributed by atoms with van der Waals surface area (Å²) in [4.78, 5) is 8.75. The zero-order valence-electron chi connectivity index (χ0n) is 9.65. The number of para-hydroxylation sites is 1. The molecule has 4 nitrogen and oxygen atoms in total. The molecule has 1 aliphatic heterocycles.